The smallest absolute Gasteiger partial charge is 0.406 e. The zero-order chi connectivity index (χ0) is 19.4. The molecule has 1 N–H and O–H groups in total. The van der Waals surface area contributed by atoms with Crippen LogP contribution in [-0.2, 0) is 0 Å². The van der Waals surface area contributed by atoms with E-state index < -0.39 is 11.3 Å². The molecule has 6 nitrogen and oxygen atoms in total. The van der Waals surface area contributed by atoms with Gasteiger partial charge in [0.15, 0.2) is 0 Å². The second kappa shape index (κ2) is 7.93. The highest BCUT2D eigenvalue weighted by Crippen LogP contribution is 2.32. The highest BCUT2D eigenvalue weighted by Gasteiger charge is 2.31. The summed E-state index contributed by atoms with van der Waals surface area (Å²) in [4.78, 5) is 12.6. The Labute approximate surface area is 153 Å². The Morgan fingerprint density at radius 3 is 2.00 bits per heavy atom. The summed E-state index contributed by atoms with van der Waals surface area (Å²) in [6.07, 6.45) is -4.74. The van der Waals surface area contributed by atoms with Gasteiger partial charge in [0.2, 0.25) is 0 Å². The molecule has 0 saturated carbocycles. The van der Waals surface area contributed by atoms with Crippen LogP contribution in [-0.4, -0.2) is 42.4 Å². The van der Waals surface area contributed by atoms with Crippen LogP contribution in [0.5, 0.6) is 5.75 Å². The predicted octanol–water partition coefficient (Wildman–Crippen LogP) is 3.49. The van der Waals surface area contributed by atoms with Crippen molar-refractivity contribution in [2.75, 3.05) is 26.2 Å². The Hall–Kier alpha value is -2.65. The summed E-state index contributed by atoms with van der Waals surface area (Å²) < 4.78 is 41.0. The van der Waals surface area contributed by atoms with Crippen molar-refractivity contribution in [3.8, 4) is 5.75 Å². The van der Waals surface area contributed by atoms with Gasteiger partial charge in [-0.1, -0.05) is 24.3 Å². The van der Waals surface area contributed by atoms with Crippen molar-refractivity contribution in [1.82, 2.24) is 10.2 Å². The second-order valence-electron chi connectivity index (χ2n) is 6.15. The second-order valence-corrected chi connectivity index (χ2v) is 6.15. The van der Waals surface area contributed by atoms with Crippen LogP contribution in [0.25, 0.3) is 0 Å². The summed E-state index contributed by atoms with van der Waals surface area (Å²) in [5.41, 5.74) is 1.62. The topological polar surface area (TPSA) is 67.6 Å². The Morgan fingerprint density at radius 2 is 1.52 bits per heavy atom. The van der Waals surface area contributed by atoms with Crippen LogP contribution in [0.15, 0.2) is 48.5 Å². The van der Waals surface area contributed by atoms with Crippen LogP contribution in [0, 0.1) is 10.1 Å². The number of hydrogen-bond donors (Lipinski definition) is 1. The zero-order valence-corrected chi connectivity index (χ0v) is 14.3. The minimum atomic E-state index is -4.74. The lowest BCUT2D eigenvalue weighted by Gasteiger charge is -2.35. The molecule has 2 aromatic carbocycles. The van der Waals surface area contributed by atoms with E-state index in [1.165, 1.54) is 24.3 Å². The molecule has 0 unspecified atom stereocenters. The zero-order valence-electron chi connectivity index (χ0n) is 14.3. The fraction of sp³-hybridized carbons (Fsp3) is 0.333. The van der Waals surface area contributed by atoms with Crippen molar-refractivity contribution in [1.29, 1.82) is 0 Å². The van der Waals surface area contributed by atoms with Crippen molar-refractivity contribution < 1.29 is 22.8 Å². The molecule has 27 heavy (non-hydrogen) atoms. The first kappa shape index (κ1) is 19.1. The third-order valence-electron chi connectivity index (χ3n) is 4.37. The quantitative estimate of drug-likeness (QED) is 0.634. The molecule has 1 fully saturated rings. The summed E-state index contributed by atoms with van der Waals surface area (Å²) in [5.74, 6) is -0.283. The Balaban J connectivity index is 1.91. The number of nitrogens with one attached hydrogen (secondary N) is 1. The van der Waals surface area contributed by atoms with Gasteiger partial charge in [-0.15, -0.1) is 13.2 Å². The minimum Gasteiger partial charge on any atom is -0.406 e. The number of benzene rings is 2. The van der Waals surface area contributed by atoms with Gasteiger partial charge in [0, 0.05) is 38.3 Å². The molecule has 1 saturated heterocycles. The Bertz CT molecular complexity index is 773. The van der Waals surface area contributed by atoms with Gasteiger partial charge >= 0.3 is 6.36 Å². The maximum Gasteiger partial charge on any atom is 0.573 e. The van der Waals surface area contributed by atoms with Crippen LogP contribution in [0.2, 0.25) is 0 Å². The van der Waals surface area contributed by atoms with Crippen LogP contribution in [0.1, 0.15) is 17.2 Å². The number of halogens is 3. The molecule has 0 aromatic heterocycles. The molecule has 1 heterocycles. The highest BCUT2D eigenvalue weighted by molar-refractivity contribution is 5.40. The average Bonchev–Trinajstić information content (AvgIpc) is 2.63. The number of rotatable bonds is 5. The first-order valence-electron chi connectivity index (χ1n) is 8.38. The van der Waals surface area contributed by atoms with E-state index in [1.54, 1.807) is 24.3 Å². The Kier molecular flexibility index (Phi) is 5.62. The van der Waals surface area contributed by atoms with Crippen LogP contribution >= 0.6 is 0 Å². The molecular weight excluding hydrogens is 363 g/mol. The third-order valence-corrected chi connectivity index (χ3v) is 4.37. The van der Waals surface area contributed by atoms with Crippen molar-refractivity contribution in [3.63, 3.8) is 0 Å². The molecule has 144 valence electrons. The van der Waals surface area contributed by atoms with Gasteiger partial charge in [-0.25, -0.2) is 0 Å². The van der Waals surface area contributed by atoms with E-state index in [0.29, 0.717) is 0 Å². The lowest BCUT2D eigenvalue weighted by molar-refractivity contribution is -0.384. The van der Waals surface area contributed by atoms with Gasteiger partial charge in [0.25, 0.3) is 5.69 Å². The molecule has 1 aliphatic heterocycles. The molecular formula is C18H18F3N3O3. The third kappa shape index (κ3) is 4.95. The molecule has 0 amide bonds. The number of nitrogens with zero attached hydrogens (tertiary/aromatic N) is 2. The molecule has 3 rings (SSSR count). The van der Waals surface area contributed by atoms with Crippen LogP contribution in [0.4, 0.5) is 18.9 Å². The van der Waals surface area contributed by atoms with Crippen molar-refractivity contribution in [2.45, 2.75) is 12.4 Å². The first-order chi connectivity index (χ1) is 12.8. The lowest BCUT2D eigenvalue weighted by Crippen LogP contribution is -2.45. The standard InChI is InChI=1S/C18H18F3N3O3/c19-18(20,21)27-16-7-3-14(4-8-16)17(23-11-9-22-10-12-23)13-1-5-15(6-2-13)24(25)26/h1-8,17,22H,9-12H2/t17-/m0/s1. The number of hydrogen-bond acceptors (Lipinski definition) is 5. The molecule has 0 aliphatic carbocycles. The van der Waals surface area contributed by atoms with Gasteiger partial charge < -0.3 is 10.1 Å². The van der Waals surface area contributed by atoms with Crippen molar-refractivity contribution in [3.05, 3.63) is 69.8 Å². The van der Waals surface area contributed by atoms with Crippen LogP contribution < -0.4 is 10.1 Å². The maximum atomic E-state index is 12.4. The predicted molar refractivity (Wildman–Crippen MR) is 92.5 cm³/mol. The number of ether oxygens (including phenoxy) is 1. The summed E-state index contributed by atoms with van der Waals surface area (Å²) in [5, 5.41) is 14.1. The number of nitro benzene ring substituents is 1. The SMILES string of the molecule is O=[N+]([O-])c1ccc([C@@H](c2ccc(OC(F)(F)F)cc2)N2CCNCC2)cc1. The maximum absolute atomic E-state index is 12.4. The Morgan fingerprint density at radius 1 is 1.00 bits per heavy atom. The van der Waals surface area contributed by atoms with E-state index in [1.807, 2.05) is 0 Å². The van der Waals surface area contributed by atoms with Gasteiger partial charge in [-0.2, -0.15) is 0 Å². The molecule has 2 aromatic rings. The number of nitro groups is 1. The fourth-order valence-electron chi connectivity index (χ4n) is 3.18. The highest BCUT2D eigenvalue weighted by atomic mass is 19.4. The van der Waals surface area contributed by atoms with Crippen LogP contribution in [0.3, 0.4) is 0 Å². The molecule has 1 aliphatic rings. The molecule has 9 heteroatoms. The normalized spacial score (nSPS) is 16.7. The fourth-order valence-corrected chi connectivity index (χ4v) is 3.18. The van der Waals surface area contributed by atoms with E-state index in [9.17, 15) is 23.3 Å². The van der Waals surface area contributed by atoms with Gasteiger partial charge in [-0.3, -0.25) is 15.0 Å². The molecule has 0 radical (unpaired) electrons. The summed E-state index contributed by atoms with van der Waals surface area (Å²) >= 11 is 0. The summed E-state index contributed by atoms with van der Waals surface area (Å²) in [7, 11) is 0. The molecule has 1 atom stereocenters. The molecule has 0 bridgehead atoms. The number of non-ortho nitro benzene ring substituents is 1. The minimum absolute atomic E-state index is 0.00765. The lowest BCUT2D eigenvalue weighted by atomic mass is 9.96. The average molecular weight is 381 g/mol. The van der Waals surface area contributed by atoms with Crippen molar-refractivity contribution in [2.24, 2.45) is 0 Å². The summed E-state index contributed by atoms with van der Waals surface area (Å²) in [6, 6.07) is 11.8. The first-order valence-corrected chi connectivity index (χ1v) is 8.38. The van der Waals surface area contributed by atoms with Crippen molar-refractivity contribution >= 4 is 5.69 Å². The van der Waals surface area contributed by atoms with E-state index in [2.05, 4.69) is 15.0 Å². The van der Waals surface area contributed by atoms with E-state index in [4.69, 9.17) is 0 Å². The monoisotopic (exact) mass is 381 g/mol. The van der Waals surface area contributed by atoms with Gasteiger partial charge in [0.1, 0.15) is 5.75 Å². The van der Waals surface area contributed by atoms with E-state index in [-0.39, 0.29) is 17.5 Å². The van der Waals surface area contributed by atoms with E-state index in [0.717, 1.165) is 37.3 Å². The van der Waals surface area contributed by atoms with Gasteiger partial charge in [-0.05, 0) is 23.3 Å². The van der Waals surface area contributed by atoms with Gasteiger partial charge in [0.05, 0.1) is 11.0 Å². The van der Waals surface area contributed by atoms with E-state index >= 15 is 0 Å². The summed E-state index contributed by atoms with van der Waals surface area (Å²) in [6.45, 7) is 3.09. The number of piperazine rings is 1. The molecule has 0 spiro atoms. The number of alkyl halides is 3. The largest absolute Gasteiger partial charge is 0.573 e.